The van der Waals surface area contributed by atoms with E-state index < -0.39 is 21.9 Å². The van der Waals surface area contributed by atoms with Crippen molar-refractivity contribution in [2.24, 2.45) is 11.8 Å². The molecule has 0 aromatic heterocycles. The minimum absolute atomic E-state index is 0.0218. The van der Waals surface area contributed by atoms with Crippen LogP contribution >= 0.6 is 0 Å². The van der Waals surface area contributed by atoms with Gasteiger partial charge in [0.1, 0.15) is 10.7 Å². The lowest BCUT2D eigenvalue weighted by Crippen LogP contribution is -2.20. The molecule has 1 fully saturated rings. The first-order valence-corrected chi connectivity index (χ1v) is 12.9. The summed E-state index contributed by atoms with van der Waals surface area (Å²) in [6.07, 6.45) is 0.975. The molecule has 1 aliphatic heterocycles. The van der Waals surface area contributed by atoms with Crippen LogP contribution in [0.2, 0.25) is 0 Å². The lowest BCUT2D eigenvalue weighted by molar-refractivity contribution is -0.141. The summed E-state index contributed by atoms with van der Waals surface area (Å²) in [5.74, 6) is 0.0888. The standard InChI is InChI=1S/C27H27FO8S/c1-32-23-10-4-17(14-25(23)33-2)12-19-16-35-27(29)22(19)13-18-5-11-24(26(15-18)34-3)36-37(30,31)21-8-6-20(28)7-9-21/h4-11,14-15,19,22H,12-13,16H2,1-3H3/t19-,22+/m0/s1. The SMILES string of the molecule is COc1ccc(C[C@H]2COC(=O)[C@@H]2Cc2ccc(OS(=O)(=O)c3ccc(F)cc3)c(OC)c2)cc1OC. The Balaban J connectivity index is 1.50. The highest BCUT2D eigenvalue weighted by molar-refractivity contribution is 7.87. The first kappa shape index (κ1) is 26.3. The third kappa shape index (κ3) is 5.96. The molecule has 196 valence electrons. The molecule has 2 atom stereocenters. The van der Waals surface area contributed by atoms with Crippen molar-refractivity contribution in [2.45, 2.75) is 17.7 Å². The molecule has 37 heavy (non-hydrogen) atoms. The largest absolute Gasteiger partial charge is 0.493 e. The van der Waals surface area contributed by atoms with Crippen LogP contribution < -0.4 is 18.4 Å². The third-order valence-electron chi connectivity index (χ3n) is 6.24. The van der Waals surface area contributed by atoms with Gasteiger partial charge in [0.25, 0.3) is 0 Å². The van der Waals surface area contributed by atoms with Gasteiger partial charge in [0.2, 0.25) is 0 Å². The van der Waals surface area contributed by atoms with Crippen molar-refractivity contribution >= 4 is 16.1 Å². The minimum Gasteiger partial charge on any atom is -0.493 e. The average molecular weight is 531 g/mol. The number of carbonyl (C=O) groups is 1. The fourth-order valence-corrected chi connectivity index (χ4v) is 5.24. The van der Waals surface area contributed by atoms with Crippen molar-refractivity contribution in [2.75, 3.05) is 27.9 Å². The number of halogens is 1. The van der Waals surface area contributed by atoms with Crippen LogP contribution in [0.4, 0.5) is 4.39 Å². The number of esters is 1. The Morgan fingerprint density at radius 1 is 0.811 bits per heavy atom. The molecule has 8 nitrogen and oxygen atoms in total. The molecule has 0 radical (unpaired) electrons. The number of rotatable bonds is 10. The molecule has 0 saturated carbocycles. The Kier molecular flexibility index (Phi) is 7.87. The second-order valence-electron chi connectivity index (χ2n) is 8.57. The first-order chi connectivity index (χ1) is 17.7. The Hall–Kier alpha value is -3.79. The van der Waals surface area contributed by atoms with Gasteiger partial charge in [-0.3, -0.25) is 4.79 Å². The zero-order valence-corrected chi connectivity index (χ0v) is 21.4. The molecule has 4 rings (SSSR count). The summed E-state index contributed by atoms with van der Waals surface area (Å²) >= 11 is 0. The van der Waals surface area contributed by atoms with Gasteiger partial charge < -0.3 is 23.1 Å². The summed E-state index contributed by atoms with van der Waals surface area (Å²) in [4.78, 5) is 12.4. The second-order valence-corrected chi connectivity index (χ2v) is 10.1. The molecule has 1 heterocycles. The molecular weight excluding hydrogens is 503 g/mol. The fourth-order valence-electron chi connectivity index (χ4n) is 4.30. The van der Waals surface area contributed by atoms with Gasteiger partial charge in [0, 0.05) is 5.92 Å². The van der Waals surface area contributed by atoms with E-state index in [1.54, 1.807) is 26.4 Å². The topological polar surface area (TPSA) is 97.4 Å². The van der Waals surface area contributed by atoms with E-state index in [-0.39, 0.29) is 28.3 Å². The second kappa shape index (κ2) is 11.1. The van der Waals surface area contributed by atoms with E-state index in [1.807, 2.05) is 18.2 Å². The van der Waals surface area contributed by atoms with Crippen LogP contribution in [0.25, 0.3) is 0 Å². The van der Waals surface area contributed by atoms with E-state index in [0.29, 0.717) is 30.9 Å². The lowest BCUT2D eigenvalue weighted by Gasteiger charge is -2.17. The molecule has 3 aromatic rings. The van der Waals surface area contributed by atoms with Crippen molar-refractivity contribution in [3.8, 4) is 23.0 Å². The predicted molar refractivity (Wildman–Crippen MR) is 132 cm³/mol. The lowest BCUT2D eigenvalue weighted by atomic mass is 9.85. The Bertz CT molecular complexity index is 1370. The first-order valence-electron chi connectivity index (χ1n) is 11.5. The van der Waals surface area contributed by atoms with Gasteiger partial charge in [-0.1, -0.05) is 12.1 Å². The van der Waals surface area contributed by atoms with E-state index in [2.05, 4.69) is 0 Å². The molecule has 0 aliphatic carbocycles. The maximum Gasteiger partial charge on any atom is 0.339 e. The highest BCUT2D eigenvalue weighted by atomic mass is 32.2. The number of hydrogen-bond donors (Lipinski definition) is 0. The molecule has 0 bridgehead atoms. The highest BCUT2D eigenvalue weighted by Gasteiger charge is 2.37. The summed E-state index contributed by atoms with van der Waals surface area (Å²) < 4.78 is 65.0. The zero-order chi connectivity index (χ0) is 26.6. The number of ether oxygens (including phenoxy) is 4. The van der Waals surface area contributed by atoms with Crippen LogP contribution in [0.1, 0.15) is 11.1 Å². The van der Waals surface area contributed by atoms with Crippen molar-refractivity contribution in [3.05, 3.63) is 77.6 Å². The van der Waals surface area contributed by atoms with Crippen LogP contribution in [-0.2, 0) is 32.5 Å². The monoisotopic (exact) mass is 530 g/mol. The molecule has 0 spiro atoms. The van der Waals surface area contributed by atoms with Crippen LogP contribution in [0.15, 0.2) is 65.6 Å². The van der Waals surface area contributed by atoms with Crippen molar-refractivity contribution in [1.82, 2.24) is 0 Å². The van der Waals surface area contributed by atoms with E-state index in [4.69, 9.17) is 23.1 Å². The molecule has 1 aliphatic rings. The van der Waals surface area contributed by atoms with Gasteiger partial charge in [-0.05, 0) is 72.5 Å². The zero-order valence-electron chi connectivity index (χ0n) is 20.6. The summed E-state index contributed by atoms with van der Waals surface area (Å²) in [6.45, 7) is 0.298. The van der Waals surface area contributed by atoms with E-state index in [1.165, 1.54) is 13.2 Å². The molecule has 3 aromatic carbocycles. The normalized spacial score (nSPS) is 17.2. The average Bonchev–Trinajstić information content (AvgIpc) is 3.23. The number of methoxy groups -OCH3 is 3. The Morgan fingerprint density at radius 3 is 2.00 bits per heavy atom. The highest BCUT2D eigenvalue weighted by Crippen LogP contribution is 2.35. The van der Waals surface area contributed by atoms with Gasteiger partial charge in [0.05, 0.1) is 33.9 Å². The minimum atomic E-state index is -4.20. The Morgan fingerprint density at radius 2 is 1.38 bits per heavy atom. The summed E-state index contributed by atoms with van der Waals surface area (Å²) in [7, 11) is 0.325. The molecule has 0 N–H and O–H groups in total. The maximum absolute atomic E-state index is 13.2. The van der Waals surface area contributed by atoms with Crippen LogP contribution in [0.5, 0.6) is 23.0 Å². The molecule has 0 amide bonds. The molecule has 10 heteroatoms. The van der Waals surface area contributed by atoms with Crippen LogP contribution in [0.3, 0.4) is 0 Å². The van der Waals surface area contributed by atoms with Gasteiger partial charge in [-0.2, -0.15) is 8.42 Å². The van der Waals surface area contributed by atoms with E-state index >= 15 is 0 Å². The van der Waals surface area contributed by atoms with Gasteiger partial charge in [0.15, 0.2) is 23.0 Å². The Labute approximate surface area is 215 Å². The summed E-state index contributed by atoms with van der Waals surface area (Å²) in [5, 5.41) is 0. The quantitative estimate of drug-likeness (QED) is 0.284. The smallest absolute Gasteiger partial charge is 0.339 e. The summed E-state index contributed by atoms with van der Waals surface area (Å²) in [5.41, 5.74) is 1.74. The van der Waals surface area contributed by atoms with Gasteiger partial charge >= 0.3 is 16.1 Å². The van der Waals surface area contributed by atoms with Crippen molar-refractivity contribution < 1.29 is 40.7 Å². The van der Waals surface area contributed by atoms with Crippen LogP contribution in [0, 0.1) is 17.7 Å². The molecule has 0 unspecified atom stereocenters. The third-order valence-corrected chi connectivity index (χ3v) is 7.49. The van der Waals surface area contributed by atoms with Crippen molar-refractivity contribution in [3.63, 3.8) is 0 Å². The molecule has 1 saturated heterocycles. The van der Waals surface area contributed by atoms with Crippen LogP contribution in [-0.4, -0.2) is 42.3 Å². The van der Waals surface area contributed by atoms with Gasteiger partial charge in [-0.15, -0.1) is 0 Å². The van der Waals surface area contributed by atoms with E-state index in [0.717, 1.165) is 35.4 Å². The number of benzene rings is 3. The summed E-state index contributed by atoms with van der Waals surface area (Å²) in [6, 6.07) is 14.7. The number of hydrogen-bond acceptors (Lipinski definition) is 8. The predicted octanol–water partition coefficient (Wildman–Crippen LogP) is 4.19. The van der Waals surface area contributed by atoms with E-state index in [9.17, 15) is 17.6 Å². The number of cyclic esters (lactones) is 1. The van der Waals surface area contributed by atoms with Crippen molar-refractivity contribution in [1.29, 1.82) is 0 Å². The maximum atomic E-state index is 13.2. The molecular formula is C27H27FO8S. The van der Waals surface area contributed by atoms with Gasteiger partial charge in [-0.25, -0.2) is 4.39 Å². The number of carbonyl (C=O) groups excluding carboxylic acids is 1. The fraction of sp³-hybridized carbons (Fsp3) is 0.296.